The molecule has 0 unspecified atom stereocenters. The van der Waals surface area contributed by atoms with E-state index in [9.17, 15) is 43.5 Å². The first-order valence-corrected chi connectivity index (χ1v) is 26.7. The maximum absolute atomic E-state index is 14.1. The average molecular weight is 1100 g/mol. The lowest BCUT2D eigenvalue weighted by atomic mass is 10.0. The van der Waals surface area contributed by atoms with Crippen molar-refractivity contribution in [3.8, 4) is 23.0 Å². The van der Waals surface area contributed by atoms with Crippen molar-refractivity contribution < 1.29 is 62.4 Å². The molecule has 5 aliphatic heterocycles. The topological polar surface area (TPSA) is 264 Å². The SMILES string of the molecule is COc1cc2c(cc1OCCCOc1cc3c(cc1OC)C(=O)N1C=C(c4ccc(C(=O)O)cc4)C[C@H]1C=N3)N=C[C@@H]1CC(c3ccc(NC(=O)[C@H](C)NC(=O)[C@@H](NC(=O)CCCCCN4C(=O)C=CC4=O)C(C)C)cc3)=CN1C2=O. The molecular weight excluding hydrogens is 1040 g/mol. The number of aromatic carboxylic acids is 1. The van der Waals surface area contributed by atoms with E-state index in [-0.39, 0.29) is 79.3 Å². The van der Waals surface area contributed by atoms with Crippen LogP contribution in [0.15, 0.2) is 107 Å². The van der Waals surface area contributed by atoms with Crippen LogP contribution in [0, 0.1) is 5.92 Å². The Labute approximate surface area is 467 Å². The Kier molecular flexibility index (Phi) is 17.2. The number of imide groups is 1. The van der Waals surface area contributed by atoms with Gasteiger partial charge in [-0.1, -0.05) is 44.5 Å². The van der Waals surface area contributed by atoms with Gasteiger partial charge in [0.25, 0.3) is 23.6 Å². The molecule has 81 heavy (non-hydrogen) atoms. The Morgan fingerprint density at radius 2 is 1.16 bits per heavy atom. The highest BCUT2D eigenvalue weighted by molar-refractivity contribution is 6.13. The number of carbonyl (C=O) groups is 8. The van der Waals surface area contributed by atoms with E-state index < -0.39 is 29.9 Å². The van der Waals surface area contributed by atoms with Crippen LogP contribution in [0.5, 0.6) is 23.0 Å². The summed E-state index contributed by atoms with van der Waals surface area (Å²) in [6.07, 6.45) is 12.8. The van der Waals surface area contributed by atoms with Gasteiger partial charge in [-0.25, -0.2) is 4.79 Å². The zero-order valence-electron chi connectivity index (χ0n) is 45.4. The summed E-state index contributed by atoms with van der Waals surface area (Å²) in [7, 11) is 2.98. The molecule has 5 aliphatic rings. The minimum Gasteiger partial charge on any atom is -0.493 e. The van der Waals surface area contributed by atoms with Crippen molar-refractivity contribution >= 4 is 88.0 Å². The highest BCUT2D eigenvalue weighted by Crippen LogP contribution is 2.42. The van der Waals surface area contributed by atoms with Crippen LogP contribution < -0.4 is 34.9 Å². The van der Waals surface area contributed by atoms with Gasteiger partial charge in [0.05, 0.1) is 67.6 Å². The van der Waals surface area contributed by atoms with Crippen molar-refractivity contribution in [2.75, 3.05) is 39.3 Å². The van der Waals surface area contributed by atoms with Crippen molar-refractivity contribution in [2.45, 2.75) is 89.9 Å². The molecule has 4 aromatic rings. The lowest BCUT2D eigenvalue weighted by Crippen LogP contribution is -2.53. The molecule has 5 heterocycles. The lowest BCUT2D eigenvalue weighted by molar-refractivity contribution is -0.137. The van der Waals surface area contributed by atoms with Crippen molar-refractivity contribution in [2.24, 2.45) is 15.9 Å². The number of amides is 7. The van der Waals surface area contributed by atoms with Crippen LogP contribution in [-0.4, -0.2) is 138 Å². The summed E-state index contributed by atoms with van der Waals surface area (Å²) < 4.78 is 23.6. The zero-order chi connectivity index (χ0) is 57.5. The monoisotopic (exact) mass is 1100 g/mol. The number of unbranched alkanes of at least 4 members (excludes halogenated alkanes) is 2. The van der Waals surface area contributed by atoms with Crippen LogP contribution in [-0.2, 0) is 24.0 Å². The van der Waals surface area contributed by atoms with Crippen LogP contribution in [0.3, 0.4) is 0 Å². The van der Waals surface area contributed by atoms with E-state index in [0.29, 0.717) is 89.7 Å². The number of hydrogen-bond acceptors (Lipinski definition) is 14. The number of aliphatic imine (C=N–C) groups is 2. The van der Waals surface area contributed by atoms with Gasteiger partial charge < -0.3 is 49.8 Å². The van der Waals surface area contributed by atoms with Gasteiger partial charge in [-0.15, -0.1) is 0 Å². The van der Waals surface area contributed by atoms with Crippen LogP contribution in [0.1, 0.15) is 108 Å². The molecule has 0 aliphatic carbocycles. The molecule has 420 valence electrons. The van der Waals surface area contributed by atoms with Gasteiger partial charge in [-0.05, 0) is 84.4 Å². The quantitative estimate of drug-likeness (QED) is 0.0421. The molecule has 4 N–H and O–H groups in total. The Balaban J connectivity index is 0.740. The van der Waals surface area contributed by atoms with E-state index in [1.54, 1.807) is 104 Å². The molecule has 0 saturated carbocycles. The number of fused-ring (bicyclic) bond motifs is 4. The number of nitrogens with one attached hydrogen (secondary N) is 3. The number of carboxylic acids is 1. The van der Waals surface area contributed by atoms with Crippen molar-refractivity contribution in [3.05, 3.63) is 125 Å². The van der Waals surface area contributed by atoms with Gasteiger partial charge in [0.15, 0.2) is 23.0 Å². The third-order valence-corrected chi connectivity index (χ3v) is 14.5. The molecular formula is C60H62N8O13. The molecule has 0 fully saturated rings. The molecule has 7 amide bonds. The van der Waals surface area contributed by atoms with Crippen LogP contribution in [0.2, 0.25) is 0 Å². The minimum absolute atomic E-state index is 0.158. The Bertz CT molecular complexity index is 3310. The summed E-state index contributed by atoms with van der Waals surface area (Å²) in [5.41, 5.74) is 5.63. The standard InChI is InChI=1S/C60H62N8O13/c1-34(2)55(65-52(69)10-7-6-8-21-66-53(70)19-20-54(66)71)57(73)63-35(3)56(72)64-41-17-15-37(16-18-41)40-25-43-31-62-47-29-51(49(79-5)27-45(47)59(75)68(43)33-40)81-23-9-22-80-50-28-46-44(26-48(50)78-4)58(74)67-32-39(24-42(67)30-61-46)36-11-13-38(14-12-36)60(76)77/h11-20,26-35,42-43,55H,6-10,21-25H2,1-5H3,(H,63,73)(H,64,72)(H,65,69)(H,76,77)/t35-,42-,43-,55-/m0/s1. The predicted molar refractivity (Wildman–Crippen MR) is 300 cm³/mol. The maximum Gasteiger partial charge on any atom is 0.335 e. The Morgan fingerprint density at radius 3 is 1.65 bits per heavy atom. The molecule has 0 radical (unpaired) electrons. The fourth-order valence-electron chi connectivity index (χ4n) is 9.94. The number of hydrogen-bond donors (Lipinski definition) is 4. The fraction of sp³-hybridized carbons (Fsp3) is 0.333. The van der Waals surface area contributed by atoms with Crippen LogP contribution in [0.25, 0.3) is 11.1 Å². The number of ether oxygens (including phenoxy) is 4. The Hall–Kier alpha value is -9.40. The first-order chi connectivity index (χ1) is 39.0. The Morgan fingerprint density at radius 1 is 0.642 bits per heavy atom. The number of carboxylic acid groups (broad SMARTS) is 1. The normalized spacial score (nSPS) is 17.5. The summed E-state index contributed by atoms with van der Waals surface area (Å²) in [5, 5.41) is 17.6. The van der Waals surface area contributed by atoms with Crippen molar-refractivity contribution in [1.29, 1.82) is 0 Å². The molecule has 0 bridgehead atoms. The van der Waals surface area contributed by atoms with Gasteiger partial charge in [0.2, 0.25) is 17.7 Å². The molecule has 4 atom stereocenters. The minimum atomic E-state index is -1.01. The lowest BCUT2D eigenvalue weighted by Gasteiger charge is -2.24. The number of rotatable bonds is 23. The van der Waals surface area contributed by atoms with Crippen molar-refractivity contribution in [3.63, 3.8) is 0 Å². The van der Waals surface area contributed by atoms with E-state index in [4.69, 9.17) is 23.9 Å². The molecule has 0 spiro atoms. The van der Waals surface area contributed by atoms with Gasteiger partial charge in [0.1, 0.15) is 12.1 Å². The van der Waals surface area contributed by atoms with E-state index in [2.05, 4.69) is 20.9 Å². The zero-order valence-corrected chi connectivity index (χ0v) is 45.4. The van der Waals surface area contributed by atoms with Crippen LogP contribution in [0.4, 0.5) is 17.1 Å². The van der Waals surface area contributed by atoms with Gasteiger partial charge in [-0.2, -0.15) is 0 Å². The summed E-state index contributed by atoms with van der Waals surface area (Å²) in [5.74, 6) is -2.27. The third-order valence-electron chi connectivity index (χ3n) is 14.5. The summed E-state index contributed by atoms with van der Waals surface area (Å²) >= 11 is 0. The molecule has 0 aromatic heterocycles. The highest BCUT2D eigenvalue weighted by atomic mass is 16.5. The molecule has 21 nitrogen and oxygen atoms in total. The third kappa shape index (κ3) is 12.7. The van der Waals surface area contributed by atoms with Crippen molar-refractivity contribution in [1.82, 2.24) is 25.3 Å². The van der Waals surface area contributed by atoms with Gasteiger partial charge in [-0.3, -0.25) is 48.4 Å². The molecule has 4 aromatic carbocycles. The van der Waals surface area contributed by atoms with Gasteiger partial charge in [0, 0.05) is 87.0 Å². The van der Waals surface area contributed by atoms with E-state index >= 15 is 0 Å². The summed E-state index contributed by atoms with van der Waals surface area (Å²) in [6, 6.07) is 17.8. The summed E-state index contributed by atoms with van der Waals surface area (Å²) in [4.78, 5) is 116. The van der Waals surface area contributed by atoms with E-state index in [1.165, 1.54) is 38.5 Å². The first-order valence-electron chi connectivity index (χ1n) is 26.7. The summed E-state index contributed by atoms with van der Waals surface area (Å²) in [6.45, 7) is 5.87. The first kappa shape index (κ1) is 56.3. The molecule has 9 rings (SSSR count). The number of anilines is 1. The van der Waals surface area contributed by atoms with Crippen LogP contribution >= 0.6 is 0 Å². The van der Waals surface area contributed by atoms with E-state index in [1.807, 2.05) is 12.1 Å². The predicted octanol–water partition coefficient (Wildman–Crippen LogP) is 7.26. The second kappa shape index (κ2) is 24.7. The largest absolute Gasteiger partial charge is 0.493 e. The fourth-order valence-corrected chi connectivity index (χ4v) is 9.94. The average Bonchev–Trinajstić information content (AvgIpc) is 4.17. The van der Waals surface area contributed by atoms with E-state index in [0.717, 1.165) is 27.2 Å². The second-order valence-corrected chi connectivity index (χ2v) is 20.4. The molecule has 0 saturated heterocycles. The second-order valence-electron chi connectivity index (χ2n) is 20.4. The molecule has 21 heteroatoms. The number of benzene rings is 4. The maximum atomic E-state index is 14.1. The smallest absolute Gasteiger partial charge is 0.335 e. The van der Waals surface area contributed by atoms with Gasteiger partial charge >= 0.3 is 5.97 Å². The number of carbonyl (C=O) groups excluding carboxylic acids is 7. The number of nitrogens with zero attached hydrogens (tertiary/aromatic N) is 5. The number of methoxy groups -OCH3 is 2. The highest BCUT2D eigenvalue weighted by Gasteiger charge is 2.36.